The van der Waals surface area contributed by atoms with Gasteiger partial charge in [-0.3, -0.25) is 9.59 Å². The van der Waals surface area contributed by atoms with E-state index in [9.17, 15) is 18.0 Å². The van der Waals surface area contributed by atoms with Gasteiger partial charge in [-0.2, -0.15) is 0 Å². The molecule has 4 fully saturated rings. The van der Waals surface area contributed by atoms with Crippen molar-refractivity contribution < 1.29 is 26.4 Å². The van der Waals surface area contributed by atoms with Gasteiger partial charge in [0.25, 0.3) is 0 Å². The zero-order valence-corrected chi connectivity index (χ0v) is 25.6. The predicted octanol–water partition coefficient (Wildman–Crippen LogP) is 6.93. The van der Waals surface area contributed by atoms with E-state index in [1.165, 1.54) is 11.1 Å². The Balaban J connectivity index is 0.978. The highest BCUT2D eigenvalue weighted by Crippen LogP contribution is 2.59. The summed E-state index contributed by atoms with van der Waals surface area (Å²) in [5, 5.41) is 0. The van der Waals surface area contributed by atoms with Crippen molar-refractivity contribution in [3.63, 3.8) is 0 Å². The fourth-order valence-electron chi connectivity index (χ4n) is 9.89. The molecule has 0 bridgehead atoms. The molecular formula is C36H38O6S. The Kier molecular flexibility index (Phi) is 5.98. The van der Waals surface area contributed by atoms with Crippen molar-refractivity contribution in [2.45, 2.75) is 65.2 Å². The lowest BCUT2D eigenvalue weighted by Crippen LogP contribution is -2.40. The minimum absolute atomic E-state index is 0.160. The zero-order valence-electron chi connectivity index (χ0n) is 24.8. The van der Waals surface area contributed by atoms with Gasteiger partial charge in [-0.15, -0.1) is 8.42 Å². The molecule has 4 saturated carbocycles. The number of Topliss-reactive ketones (excluding diaryl/α,β-unsaturated/α-hetero) is 2. The largest absolute Gasteiger partial charge is 0.500 e. The molecule has 8 rings (SSSR count). The van der Waals surface area contributed by atoms with E-state index in [-0.39, 0.29) is 34.2 Å². The molecule has 8 aliphatic carbocycles. The monoisotopic (exact) mass is 598 g/mol. The van der Waals surface area contributed by atoms with E-state index in [1.54, 1.807) is 24.3 Å². The average molecular weight is 599 g/mol. The Hall–Kier alpha value is -3.19. The standard InChI is InChI=1S/C36H38O6S/c1-35-17-15-27-25-9-5-23(19-21(25)3-7-29(27)31(35)11-13-33(35)37)41-43(39,40)42-24-6-10-26-22(20-24)4-8-30-28(26)16-18-36(2)32(30)12-14-34(36)38/h3-10,19-20,25-28,31-32H,11-18H2,1-2H3/t25-,26-,27+,28+,31-,32-,35-,36-/m0/s1. The van der Waals surface area contributed by atoms with Crippen LogP contribution in [0.25, 0.3) is 0 Å². The van der Waals surface area contributed by atoms with Crippen LogP contribution < -0.4 is 0 Å². The van der Waals surface area contributed by atoms with Crippen molar-refractivity contribution in [2.75, 3.05) is 0 Å². The molecule has 43 heavy (non-hydrogen) atoms. The van der Waals surface area contributed by atoms with Crippen LogP contribution in [0.4, 0.5) is 0 Å². The van der Waals surface area contributed by atoms with Gasteiger partial charge in [0.05, 0.1) is 0 Å². The summed E-state index contributed by atoms with van der Waals surface area (Å²) < 4.78 is 36.9. The van der Waals surface area contributed by atoms with Gasteiger partial charge in [-0.25, -0.2) is 0 Å². The first-order chi connectivity index (χ1) is 20.6. The summed E-state index contributed by atoms with van der Waals surface area (Å²) >= 11 is 0. The highest BCUT2D eigenvalue weighted by molar-refractivity contribution is 7.82. The molecule has 0 aromatic carbocycles. The van der Waals surface area contributed by atoms with Crippen LogP contribution in [0, 0.1) is 46.3 Å². The smallest absolute Gasteiger partial charge is 0.353 e. The van der Waals surface area contributed by atoms with Crippen molar-refractivity contribution in [3.8, 4) is 0 Å². The van der Waals surface area contributed by atoms with E-state index < -0.39 is 10.4 Å². The maximum atomic E-state index is 13.0. The number of rotatable bonds is 4. The SMILES string of the molecule is C[C@]12CC[C@H]3C(=CC=C4C=C(OS(=O)(=O)OC5=CC6=CC=C7[C@H](CC[C@]8(C)C(=O)CC[C@@H]78)[C@H]6C=C5)C=C[C@@H]43)[C@@H]1CCC2=O. The third kappa shape index (κ3) is 4.13. The van der Waals surface area contributed by atoms with Crippen LogP contribution in [-0.4, -0.2) is 20.0 Å². The Morgan fingerprint density at radius 2 is 1.12 bits per heavy atom. The third-order valence-corrected chi connectivity index (χ3v) is 13.1. The van der Waals surface area contributed by atoms with Gasteiger partial charge < -0.3 is 8.37 Å². The summed E-state index contributed by atoms with van der Waals surface area (Å²) in [5.41, 5.74) is 4.33. The average Bonchev–Trinajstić information content (AvgIpc) is 3.46. The molecule has 8 atom stereocenters. The molecule has 0 heterocycles. The quantitative estimate of drug-likeness (QED) is 0.349. The maximum absolute atomic E-state index is 13.0. The second kappa shape index (κ2) is 9.40. The van der Waals surface area contributed by atoms with E-state index in [1.807, 2.05) is 12.2 Å². The Morgan fingerprint density at radius 1 is 0.674 bits per heavy atom. The van der Waals surface area contributed by atoms with Crippen LogP contribution in [0.3, 0.4) is 0 Å². The van der Waals surface area contributed by atoms with Crippen LogP contribution in [-0.2, 0) is 28.4 Å². The Bertz CT molecular complexity index is 1580. The summed E-state index contributed by atoms with van der Waals surface area (Å²) in [6, 6.07) is 0. The molecule has 7 heteroatoms. The van der Waals surface area contributed by atoms with Crippen molar-refractivity contribution in [1.82, 2.24) is 0 Å². The first-order valence-corrected chi connectivity index (χ1v) is 17.2. The lowest BCUT2D eigenvalue weighted by molar-refractivity contribution is -0.127. The zero-order chi connectivity index (χ0) is 29.7. The predicted molar refractivity (Wildman–Crippen MR) is 162 cm³/mol. The van der Waals surface area contributed by atoms with Gasteiger partial charge in [0.1, 0.15) is 23.1 Å². The van der Waals surface area contributed by atoms with Crippen LogP contribution in [0.2, 0.25) is 0 Å². The molecule has 0 spiro atoms. The fourth-order valence-corrected chi connectivity index (χ4v) is 10.6. The summed E-state index contributed by atoms with van der Waals surface area (Å²) in [6.45, 7) is 4.27. The second-order valence-corrected chi connectivity index (χ2v) is 15.4. The highest BCUT2D eigenvalue weighted by Gasteiger charge is 2.54. The normalized spacial score (nSPS) is 40.7. The molecule has 6 nitrogen and oxygen atoms in total. The number of hydrogen-bond acceptors (Lipinski definition) is 6. The van der Waals surface area contributed by atoms with Crippen molar-refractivity contribution in [1.29, 1.82) is 0 Å². The van der Waals surface area contributed by atoms with Crippen LogP contribution >= 0.6 is 0 Å². The van der Waals surface area contributed by atoms with Crippen molar-refractivity contribution in [2.24, 2.45) is 46.3 Å². The number of allylic oxidation sites excluding steroid dienone is 14. The number of carbonyl (C=O) groups is 2. The number of fused-ring (bicyclic) bond motifs is 10. The lowest BCUT2D eigenvalue weighted by atomic mass is 9.58. The number of hydrogen-bond donors (Lipinski definition) is 0. The molecule has 0 saturated heterocycles. The molecule has 0 unspecified atom stereocenters. The number of carbonyl (C=O) groups excluding carboxylic acids is 2. The van der Waals surface area contributed by atoms with E-state index in [0.717, 1.165) is 49.7 Å². The first kappa shape index (κ1) is 27.4. The van der Waals surface area contributed by atoms with Gasteiger partial charge >= 0.3 is 10.4 Å². The molecule has 0 aliphatic heterocycles. The van der Waals surface area contributed by atoms with E-state index in [4.69, 9.17) is 8.37 Å². The molecule has 0 amide bonds. The summed E-state index contributed by atoms with van der Waals surface area (Å²) in [5.74, 6) is 2.87. The van der Waals surface area contributed by atoms with Crippen LogP contribution in [0.15, 0.2) is 94.6 Å². The van der Waals surface area contributed by atoms with Crippen molar-refractivity contribution >= 4 is 22.0 Å². The second-order valence-electron chi connectivity index (χ2n) is 14.3. The van der Waals surface area contributed by atoms with E-state index in [2.05, 4.69) is 38.2 Å². The Morgan fingerprint density at radius 3 is 1.56 bits per heavy atom. The molecule has 0 radical (unpaired) electrons. The molecule has 0 N–H and O–H groups in total. The molecular weight excluding hydrogens is 560 g/mol. The fraction of sp³-hybridized carbons (Fsp3) is 0.500. The van der Waals surface area contributed by atoms with Gasteiger partial charge in [0.15, 0.2) is 0 Å². The van der Waals surface area contributed by atoms with Gasteiger partial charge in [-0.1, -0.05) is 61.4 Å². The lowest BCUT2D eigenvalue weighted by Gasteiger charge is -2.45. The molecule has 8 aliphatic rings. The summed E-state index contributed by atoms with van der Waals surface area (Å²) in [6.07, 6.45) is 26.5. The van der Waals surface area contributed by atoms with Crippen molar-refractivity contribution in [3.05, 3.63) is 94.6 Å². The molecule has 224 valence electrons. The summed E-state index contributed by atoms with van der Waals surface area (Å²) in [4.78, 5) is 25.2. The van der Waals surface area contributed by atoms with E-state index >= 15 is 0 Å². The maximum Gasteiger partial charge on any atom is 0.500 e. The highest BCUT2D eigenvalue weighted by atomic mass is 32.3. The molecule has 0 aromatic rings. The Labute approximate surface area is 254 Å². The third-order valence-electron chi connectivity index (χ3n) is 12.3. The minimum Gasteiger partial charge on any atom is -0.353 e. The summed E-state index contributed by atoms with van der Waals surface area (Å²) in [7, 11) is -4.35. The van der Waals surface area contributed by atoms with Crippen LogP contribution in [0.1, 0.15) is 65.2 Å². The minimum atomic E-state index is -4.35. The van der Waals surface area contributed by atoms with Gasteiger partial charge in [-0.05, 0) is 97.6 Å². The van der Waals surface area contributed by atoms with Gasteiger partial charge in [0.2, 0.25) is 0 Å². The first-order valence-electron chi connectivity index (χ1n) is 15.9. The topological polar surface area (TPSA) is 86.7 Å². The number of ketones is 2. The van der Waals surface area contributed by atoms with Crippen LogP contribution in [0.5, 0.6) is 0 Å². The molecule has 0 aromatic heterocycles. The van der Waals surface area contributed by atoms with Gasteiger partial charge in [0, 0.05) is 35.5 Å². The van der Waals surface area contributed by atoms with E-state index in [0.29, 0.717) is 48.1 Å².